The second-order valence-electron chi connectivity index (χ2n) is 4.41. The summed E-state index contributed by atoms with van der Waals surface area (Å²) >= 11 is 0. The SMILES string of the molecule is CCCCCC(C)(CC)c1noc(C#N)n1. The van der Waals surface area contributed by atoms with Gasteiger partial charge in [-0.05, 0) is 12.8 Å². The van der Waals surface area contributed by atoms with Gasteiger partial charge in [0.2, 0.25) is 0 Å². The molecular formula is C12H19N3O. The van der Waals surface area contributed by atoms with E-state index in [0.29, 0.717) is 5.82 Å². The average Bonchev–Trinajstić information content (AvgIpc) is 2.78. The van der Waals surface area contributed by atoms with Crippen molar-refractivity contribution in [1.29, 1.82) is 5.26 Å². The zero-order valence-corrected chi connectivity index (χ0v) is 10.3. The van der Waals surface area contributed by atoms with Crippen LogP contribution < -0.4 is 0 Å². The van der Waals surface area contributed by atoms with E-state index in [-0.39, 0.29) is 11.3 Å². The van der Waals surface area contributed by atoms with Crippen LogP contribution in [0.2, 0.25) is 0 Å². The smallest absolute Gasteiger partial charge is 0.323 e. The maximum absolute atomic E-state index is 8.66. The zero-order valence-electron chi connectivity index (χ0n) is 10.3. The van der Waals surface area contributed by atoms with E-state index in [9.17, 15) is 0 Å². The quantitative estimate of drug-likeness (QED) is 0.692. The molecular weight excluding hydrogens is 202 g/mol. The molecule has 4 nitrogen and oxygen atoms in total. The third-order valence-electron chi connectivity index (χ3n) is 3.17. The number of nitrogens with zero attached hydrogens (tertiary/aromatic N) is 3. The Balaban J connectivity index is 2.75. The minimum Gasteiger partial charge on any atom is -0.323 e. The summed E-state index contributed by atoms with van der Waals surface area (Å²) in [4.78, 5) is 4.11. The van der Waals surface area contributed by atoms with Gasteiger partial charge in [-0.2, -0.15) is 10.2 Å². The number of unbranched alkanes of at least 4 members (excludes halogenated alkanes) is 2. The van der Waals surface area contributed by atoms with Gasteiger partial charge in [0, 0.05) is 5.41 Å². The highest BCUT2D eigenvalue weighted by Crippen LogP contribution is 2.30. The fourth-order valence-corrected chi connectivity index (χ4v) is 1.73. The molecule has 0 aromatic carbocycles. The topological polar surface area (TPSA) is 62.7 Å². The molecule has 1 rings (SSSR count). The molecule has 0 N–H and O–H groups in total. The monoisotopic (exact) mass is 221 g/mol. The standard InChI is InChI=1S/C12H19N3O/c1-4-6-7-8-12(3,5-2)11-14-10(9-13)16-15-11/h4-8H2,1-3H3. The molecule has 88 valence electrons. The summed E-state index contributed by atoms with van der Waals surface area (Å²) in [7, 11) is 0. The summed E-state index contributed by atoms with van der Waals surface area (Å²) in [6, 6.07) is 1.87. The first-order chi connectivity index (χ1) is 7.66. The molecule has 0 fully saturated rings. The van der Waals surface area contributed by atoms with E-state index in [1.165, 1.54) is 12.8 Å². The molecule has 0 spiro atoms. The molecule has 0 aliphatic heterocycles. The van der Waals surface area contributed by atoms with Gasteiger partial charge in [0.25, 0.3) is 0 Å². The third kappa shape index (κ3) is 2.82. The van der Waals surface area contributed by atoms with E-state index in [2.05, 4.69) is 30.9 Å². The number of hydrogen-bond donors (Lipinski definition) is 0. The molecule has 0 radical (unpaired) electrons. The predicted octanol–water partition coefficient (Wildman–Crippen LogP) is 3.19. The fraction of sp³-hybridized carbons (Fsp3) is 0.750. The van der Waals surface area contributed by atoms with E-state index in [1.807, 2.05) is 6.07 Å². The normalized spacial score (nSPS) is 14.4. The van der Waals surface area contributed by atoms with Crippen molar-refractivity contribution in [1.82, 2.24) is 10.1 Å². The molecule has 0 aliphatic rings. The van der Waals surface area contributed by atoms with Gasteiger partial charge in [-0.25, -0.2) is 0 Å². The van der Waals surface area contributed by atoms with Crippen LogP contribution in [0.15, 0.2) is 4.52 Å². The molecule has 1 aromatic rings. The number of nitriles is 1. The lowest BCUT2D eigenvalue weighted by Crippen LogP contribution is -2.22. The Bertz CT molecular complexity index is 367. The number of aromatic nitrogens is 2. The van der Waals surface area contributed by atoms with E-state index < -0.39 is 0 Å². The van der Waals surface area contributed by atoms with Gasteiger partial charge in [-0.1, -0.05) is 45.2 Å². The highest BCUT2D eigenvalue weighted by atomic mass is 16.5. The Labute approximate surface area is 96.7 Å². The van der Waals surface area contributed by atoms with E-state index in [0.717, 1.165) is 19.3 Å². The van der Waals surface area contributed by atoms with Crippen LogP contribution in [0.4, 0.5) is 0 Å². The first kappa shape index (κ1) is 12.7. The van der Waals surface area contributed by atoms with Gasteiger partial charge in [-0.3, -0.25) is 0 Å². The molecule has 0 amide bonds. The minimum atomic E-state index is -0.0617. The molecule has 16 heavy (non-hydrogen) atoms. The maximum atomic E-state index is 8.66. The molecule has 0 saturated carbocycles. The molecule has 1 unspecified atom stereocenters. The van der Waals surface area contributed by atoms with E-state index in [4.69, 9.17) is 9.78 Å². The van der Waals surface area contributed by atoms with Crippen LogP contribution in [0.1, 0.15) is 64.6 Å². The van der Waals surface area contributed by atoms with Crippen molar-refractivity contribution in [2.24, 2.45) is 0 Å². The van der Waals surface area contributed by atoms with Gasteiger partial charge in [0.15, 0.2) is 11.9 Å². The van der Waals surface area contributed by atoms with Crippen LogP contribution in [0.25, 0.3) is 0 Å². The summed E-state index contributed by atoms with van der Waals surface area (Å²) < 4.78 is 4.85. The third-order valence-corrected chi connectivity index (χ3v) is 3.17. The molecule has 1 aromatic heterocycles. The maximum Gasteiger partial charge on any atom is 0.329 e. The van der Waals surface area contributed by atoms with Crippen LogP contribution in [0.3, 0.4) is 0 Å². The Morgan fingerprint density at radius 3 is 2.62 bits per heavy atom. The predicted molar refractivity (Wildman–Crippen MR) is 60.8 cm³/mol. The van der Waals surface area contributed by atoms with Crippen LogP contribution >= 0.6 is 0 Å². The Hall–Kier alpha value is -1.37. The van der Waals surface area contributed by atoms with Crippen molar-refractivity contribution in [2.75, 3.05) is 0 Å². The highest BCUT2D eigenvalue weighted by molar-refractivity contribution is 5.10. The summed E-state index contributed by atoms with van der Waals surface area (Å²) in [5.41, 5.74) is -0.0617. The Kier molecular flexibility index (Phi) is 4.48. The molecule has 0 bridgehead atoms. The van der Waals surface area contributed by atoms with Gasteiger partial charge in [0.05, 0.1) is 0 Å². The number of hydrogen-bond acceptors (Lipinski definition) is 4. The summed E-state index contributed by atoms with van der Waals surface area (Å²) in [6.07, 6.45) is 5.59. The first-order valence-electron chi connectivity index (χ1n) is 5.90. The average molecular weight is 221 g/mol. The van der Waals surface area contributed by atoms with Crippen molar-refractivity contribution >= 4 is 0 Å². The second-order valence-corrected chi connectivity index (χ2v) is 4.41. The van der Waals surface area contributed by atoms with Crippen LogP contribution in [-0.2, 0) is 5.41 Å². The second kappa shape index (κ2) is 5.64. The van der Waals surface area contributed by atoms with Gasteiger partial charge >= 0.3 is 5.89 Å². The lowest BCUT2D eigenvalue weighted by atomic mass is 9.81. The summed E-state index contributed by atoms with van der Waals surface area (Å²) in [5, 5.41) is 12.6. The van der Waals surface area contributed by atoms with Crippen molar-refractivity contribution in [3.05, 3.63) is 11.7 Å². The number of rotatable bonds is 6. The van der Waals surface area contributed by atoms with Crippen LogP contribution in [-0.4, -0.2) is 10.1 Å². The lowest BCUT2D eigenvalue weighted by molar-refractivity contribution is 0.340. The molecule has 1 heterocycles. The fourth-order valence-electron chi connectivity index (χ4n) is 1.73. The van der Waals surface area contributed by atoms with Gasteiger partial charge in [0.1, 0.15) is 0 Å². The van der Waals surface area contributed by atoms with Gasteiger partial charge < -0.3 is 4.52 Å². The van der Waals surface area contributed by atoms with E-state index >= 15 is 0 Å². The van der Waals surface area contributed by atoms with Crippen molar-refractivity contribution in [3.8, 4) is 6.07 Å². The minimum absolute atomic E-state index is 0.0603. The summed E-state index contributed by atoms with van der Waals surface area (Å²) in [6.45, 7) is 6.44. The van der Waals surface area contributed by atoms with Crippen LogP contribution in [0, 0.1) is 11.3 Å². The Morgan fingerprint density at radius 2 is 2.12 bits per heavy atom. The molecule has 1 atom stereocenters. The van der Waals surface area contributed by atoms with Crippen LogP contribution in [0.5, 0.6) is 0 Å². The zero-order chi connectivity index (χ0) is 12.0. The lowest BCUT2D eigenvalue weighted by Gasteiger charge is -2.23. The van der Waals surface area contributed by atoms with Crippen molar-refractivity contribution < 1.29 is 4.52 Å². The molecule has 4 heteroatoms. The highest BCUT2D eigenvalue weighted by Gasteiger charge is 2.29. The molecule has 0 saturated heterocycles. The van der Waals surface area contributed by atoms with Crippen molar-refractivity contribution in [3.63, 3.8) is 0 Å². The summed E-state index contributed by atoms with van der Waals surface area (Å²) in [5.74, 6) is 0.729. The molecule has 0 aliphatic carbocycles. The Morgan fingerprint density at radius 1 is 1.38 bits per heavy atom. The van der Waals surface area contributed by atoms with Crippen molar-refractivity contribution in [2.45, 2.75) is 58.3 Å². The van der Waals surface area contributed by atoms with Gasteiger partial charge in [-0.15, -0.1) is 0 Å². The largest absolute Gasteiger partial charge is 0.329 e. The van der Waals surface area contributed by atoms with E-state index in [1.54, 1.807) is 0 Å². The first-order valence-corrected chi connectivity index (χ1v) is 5.90.